The molecule has 0 saturated carbocycles. The first-order valence-corrected chi connectivity index (χ1v) is 12.4. The van der Waals surface area contributed by atoms with Crippen LogP contribution >= 0.6 is 0 Å². The Morgan fingerprint density at radius 1 is 1.21 bits per heavy atom. The quantitative estimate of drug-likeness (QED) is 0.251. The van der Waals surface area contributed by atoms with Crippen molar-refractivity contribution in [2.24, 2.45) is 0 Å². The van der Waals surface area contributed by atoms with Gasteiger partial charge in [0.15, 0.2) is 0 Å². The molecule has 3 aliphatic rings. The van der Waals surface area contributed by atoms with Crippen LogP contribution in [0.25, 0.3) is 0 Å². The normalized spacial score (nSPS) is 23.8. The number of fused-ring (bicyclic) bond motifs is 2. The van der Waals surface area contributed by atoms with Crippen LogP contribution in [0.1, 0.15) is 58.1 Å². The molecule has 0 unspecified atom stereocenters. The summed E-state index contributed by atoms with van der Waals surface area (Å²) in [6.07, 6.45) is 4.20. The third kappa shape index (κ3) is 6.40. The minimum Gasteiger partial charge on any atom is -0.724 e. The van der Waals surface area contributed by atoms with Gasteiger partial charge < -0.3 is 19.1 Å². The molecule has 1 aromatic rings. The molecule has 2 atom stereocenters. The largest absolute Gasteiger partial charge is 1.00 e. The molecule has 15 heteroatoms. The van der Waals surface area contributed by atoms with Crippen LogP contribution in [0.4, 0.5) is 9.59 Å². The van der Waals surface area contributed by atoms with Crippen LogP contribution < -0.4 is 29.6 Å². The van der Waals surface area contributed by atoms with Gasteiger partial charge in [-0.2, -0.15) is 9.35 Å². The maximum atomic E-state index is 12.5. The van der Waals surface area contributed by atoms with Crippen LogP contribution in [0.3, 0.4) is 0 Å². The van der Waals surface area contributed by atoms with Crippen LogP contribution in [0.2, 0.25) is 0 Å². The molecule has 0 aromatic carbocycles. The summed E-state index contributed by atoms with van der Waals surface area (Å²) < 4.78 is 44.2. The van der Waals surface area contributed by atoms with E-state index in [1.54, 1.807) is 9.58 Å². The number of likely N-dealkylation sites (tertiary alicyclic amines) is 1. The van der Waals surface area contributed by atoms with E-state index in [2.05, 4.69) is 14.6 Å². The molecule has 4 heterocycles. The summed E-state index contributed by atoms with van der Waals surface area (Å²) in [5, 5.41) is 9.18. The van der Waals surface area contributed by atoms with E-state index in [1.807, 2.05) is 27.0 Å². The van der Waals surface area contributed by atoms with Gasteiger partial charge in [0.1, 0.15) is 5.60 Å². The minimum absolute atomic E-state index is 0. The molecule has 0 N–H and O–H groups in total. The van der Waals surface area contributed by atoms with Crippen molar-refractivity contribution in [3.8, 4) is 0 Å². The Balaban J connectivity index is 0.00000324. The molecule has 2 bridgehead atoms. The summed E-state index contributed by atoms with van der Waals surface area (Å²) >= 11 is 0. The number of carbonyl (C=O) groups excluding carboxylic acids is 2. The van der Waals surface area contributed by atoms with E-state index < -0.39 is 28.1 Å². The Hall–Kier alpha value is -1.45. The zero-order valence-corrected chi connectivity index (χ0v) is 22.7. The van der Waals surface area contributed by atoms with Gasteiger partial charge in [0.2, 0.25) is 10.4 Å². The van der Waals surface area contributed by atoms with E-state index in [4.69, 9.17) is 4.74 Å². The number of urea groups is 1. The van der Waals surface area contributed by atoms with Crippen LogP contribution in [-0.4, -0.2) is 92.3 Å². The summed E-state index contributed by atoms with van der Waals surface area (Å²) in [4.78, 5) is 28.0. The first-order chi connectivity index (χ1) is 15.4. The Morgan fingerprint density at radius 2 is 1.88 bits per heavy atom. The van der Waals surface area contributed by atoms with Gasteiger partial charge in [-0.05, 0) is 46.5 Å². The van der Waals surface area contributed by atoms with E-state index in [1.165, 1.54) is 4.90 Å². The minimum atomic E-state index is -5.01. The summed E-state index contributed by atoms with van der Waals surface area (Å²) in [5.74, 6) is 0.174. The number of hydroxylamine groups is 2. The van der Waals surface area contributed by atoms with Crippen molar-refractivity contribution in [1.29, 1.82) is 0 Å². The standard InChI is InChI=1S/C19H30N6O7S.Na/c1-19(2,3)31-18(27)22-8-6-13(7-9-22)16-12-23(21-20-16)10-14-4-5-15-11-24(14)17(26)25(15)32-33(28,29)30;/h12-15H,4-11H2,1-3H3,(H,28,29,30);/q;+1/p-1/t14-,15+;/m0./s1. The zero-order chi connectivity index (χ0) is 24.0. The zero-order valence-electron chi connectivity index (χ0n) is 19.9. The number of piperidine rings is 2. The number of aromatic nitrogens is 3. The van der Waals surface area contributed by atoms with Gasteiger partial charge in [0.05, 0.1) is 24.3 Å². The smallest absolute Gasteiger partial charge is 0.724 e. The number of rotatable bonds is 5. The number of nitrogens with zero attached hydrogens (tertiary/aromatic N) is 6. The van der Waals surface area contributed by atoms with Crippen LogP contribution in [0.5, 0.6) is 0 Å². The molecule has 3 saturated heterocycles. The van der Waals surface area contributed by atoms with E-state index in [0.717, 1.165) is 18.5 Å². The maximum Gasteiger partial charge on any atom is 1.00 e. The van der Waals surface area contributed by atoms with Crippen molar-refractivity contribution in [3.63, 3.8) is 0 Å². The molecule has 3 fully saturated rings. The van der Waals surface area contributed by atoms with E-state index in [0.29, 0.717) is 44.1 Å². The molecule has 0 aliphatic carbocycles. The first kappa shape index (κ1) is 27.1. The second-order valence-corrected chi connectivity index (χ2v) is 10.7. The number of ether oxygens (including phenoxy) is 1. The second kappa shape index (κ2) is 10.3. The van der Waals surface area contributed by atoms with Gasteiger partial charge in [-0.3, -0.25) is 4.68 Å². The Morgan fingerprint density at radius 3 is 2.50 bits per heavy atom. The first-order valence-electron chi connectivity index (χ1n) is 11.0. The Kier molecular flexibility index (Phi) is 8.20. The summed E-state index contributed by atoms with van der Waals surface area (Å²) in [5.41, 5.74) is 0.307. The molecule has 0 radical (unpaired) electrons. The molecule has 1 aromatic heterocycles. The molecule has 3 aliphatic heterocycles. The van der Waals surface area contributed by atoms with Crippen molar-refractivity contribution in [2.45, 2.75) is 76.6 Å². The number of hydrogen-bond acceptors (Lipinski definition) is 9. The van der Waals surface area contributed by atoms with Gasteiger partial charge in [-0.15, -0.1) is 5.10 Å². The van der Waals surface area contributed by atoms with Gasteiger partial charge in [0, 0.05) is 31.7 Å². The van der Waals surface area contributed by atoms with Crippen molar-refractivity contribution in [3.05, 3.63) is 11.9 Å². The molecule has 13 nitrogen and oxygen atoms in total. The monoisotopic (exact) mass is 508 g/mol. The van der Waals surface area contributed by atoms with Crippen molar-refractivity contribution < 1.29 is 61.1 Å². The molecular formula is C19H29N6NaO7S. The van der Waals surface area contributed by atoms with E-state index in [-0.39, 0.29) is 47.6 Å². The molecule has 184 valence electrons. The molecule has 4 rings (SSSR count). The average molecular weight is 509 g/mol. The van der Waals surface area contributed by atoms with Crippen molar-refractivity contribution in [1.82, 2.24) is 29.9 Å². The van der Waals surface area contributed by atoms with Crippen LogP contribution in [0.15, 0.2) is 6.20 Å². The van der Waals surface area contributed by atoms with Crippen molar-refractivity contribution >= 4 is 22.5 Å². The second-order valence-electron chi connectivity index (χ2n) is 9.74. The predicted molar refractivity (Wildman–Crippen MR) is 111 cm³/mol. The third-order valence-electron chi connectivity index (χ3n) is 6.14. The fourth-order valence-electron chi connectivity index (χ4n) is 4.59. The van der Waals surface area contributed by atoms with Crippen molar-refractivity contribution in [2.75, 3.05) is 19.6 Å². The average Bonchev–Trinajstić information content (AvgIpc) is 3.27. The van der Waals surface area contributed by atoms with E-state index in [9.17, 15) is 22.6 Å². The summed E-state index contributed by atoms with van der Waals surface area (Å²) in [6.45, 7) is 7.38. The fraction of sp³-hybridized carbons (Fsp3) is 0.789. The van der Waals surface area contributed by atoms with Gasteiger partial charge in [-0.25, -0.2) is 18.0 Å². The molecule has 0 spiro atoms. The van der Waals surface area contributed by atoms with Gasteiger partial charge >= 0.3 is 41.7 Å². The SMILES string of the molecule is CC(C)(C)OC(=O)N1CCC(c2cn(C[C@@H]3CC[C@@H]4CN3C(=O)N4OS(=O)(=O)[O-])nn2)CC1.[Na+]. The molecule has 3 amide bonds. The summed E-state index contributed by atoms with van der Waals surface area (Å²) in [7, 11) is -5.01. The number of hydrogen-bond donors (Lipinski definition) is 0. The fourth-order valence-corrected chi connectivity index (χ4v) is 4.97. The topological polar surface area (TPSA) is 150 Å². The Bertz CT molecular complexity index is 1010. The van der Waals surface area contributed by atoms with Crippen LogP contribution in [0, 0.1) is 0 Å². The van der Waals surface area contributed by atoms with Crippen LogP contribution in [-0.2, 0) is 26.0 Å². The Labute approximate surface area is 220 Å². The number of carbonyl (C=O) groups is 2. The number of amides is 3. The molecule has 34 heavy (non-hydrogen) atoms. The third-order valence-corrected chi connectivity index (χ3v) is 6.48. The maximum absolute atomic E-state index is 12.5. The predicted octanol–water partition coefficient (Wildman–Crippen LogP) is -1.94. The van der Waals surface area contributed by atoms with Gasteiger partial charge in [-0.1, -0.05) is 5.21 Å². The van der Waals surface area contributed by atoms with Gasteiger partial charge in [0.25, 0.3) is 0 Å². The van der Waals surface area contributed by atoms with E-state index >= 15 is 0 Å². The molecular weight excluding hydrogens is 479 g/mol. The summed E-state index contributed by atoms with van der Waals surface area (Å²) in [6, 6.07) is -1.30.